The minimum atomic E-state index is -0.101. The van der Waals surface area contributed by atoms with Crippen LogP contribution in [0.4, 0.5) is 0 Å². The van der Waals surface area contributed by atoms with Crippen LogP contribution in [0.3, 0.4) is 0 Å². The Morgan fingerprint density at radius 3 is 2.64 bits per heavy atom. The van der Waals surface area contributed by atoms with E-state index in [1.165, 1.54) is 0 Å². The molecule has 25 heavy (non-hydrogen) atoms. The van der Waals surface area contributed by atoms with E-state index in [0.717, 1.165) is 16.8 Å². The molecule has 3 N–H and O–H groups in total. The van der Waals surface area contributed by atoms with Gasteiger partial charge in [-0.05, 0) is 37.3 Å². The Morgan fingerprint density at radius 1 is 1.16 bits per heavy atom. The summed E-state index contributed by atoms with van der Waals surface area (Å²) in [5.41, 5.74) is 0.628. The molecule has 0 aliphatic carbocycles. The van der Waals surface area contributed by atoms with E-state index < -0.39 is 0 Å². The molecule has 0 unspecified atom stereocenters. The SMILES string of the molecule is CCNC(=NCc1ccco1)NCCNC(=O)c1cccc(Br)c1.I. The maximum absolute atomic E-state index is 12.0. The van der Waals surface area contributed by atoms with Gasteiger partial charge in [0.2, 0.25) is 0 Å². The van der Waals surface area contributed by atoms with Crippen LogP contribution in [0.1, 0.15) is 23.0 Å². The number of amides is 1. The highest BCUT2D eigenvalue weighted by Gasteiger charge is 2.05. The van der Waals surface area contributed by atoms with Crippen molar-refractivity contribution in [3.8, 4) is 0 Å². The van der Waals surface area contributed by atoms with Crippen LogP contribution in [0.5, 0.6) is 0 Å². The Labute approximate surface area is 173 Å². The van der Waals surface area contributed by atoms with E-state index in [1.807, 2.05) is 31.2 Å². The van der Waals surface area contributed by atoms with Gasteiger partial charge in [-0.2, -0.15) is 0 Å². The Bertz CT molecular complexity index is 677. The molecule has 2 aromatic rings. The van der Waals surface area contributed by atoms with E-state index >= 15 is 0 Å². The molecular formula is C17H22BrIN4O2. The van der Waals surface area contributed by atoms with Crippen molar-refractivity contribution in [2.24, 2.45) is 4.99 Å². The molecule has 1 amide bonds. The molecule has 0 saturated heterocycles. The van der Waals surface area contributed by atoms with E-state index in [1.54, 1.807) is 18.4 Å². The number of aliphatic imine (C=N–C) groups is 1. The molecule has 1 aromatic carbocycles. The fourth-order valence-corrected chi connectivity index (χ4v) is 2.39. The first-order chi connectivity index (χ1) is 11.7. The third kappa shape index (κ3) is 7.91. The molecule has 136 valence electrons. The van der Waals surface area contributed by atoms with E-state index in [9.17, 15) is 4.79 Å². The number of furan rings is 1. The van der Waals surface area contributed by atoms with Crippen molar-refractivity contribution in [1.82, 2.24) is 16.0 Å². The molecule has 6 nitrogen and oxygen atoms in total. The van der Waals surface area contributed by atoms with Gasteiger partial charge in [-0.15, -0.1) is 24.0 Å². The normalized spacial score (nSPS) is 10.7. The highest BCUT2D eigenvalue weighted by molar-refractivity contribution is 14.0. The van der Waals surface area contributed by atoms with Crippen molar-refractivity contribution in [3.63, 3.8) is 0 Å². The second-order valence-corrected chi connectivity index (χ2v) is 5.88. The third-order valence-corrected chi connectivity index (χ3v) is 3.60. The number of rotatable bonds is 7. The Morgan fingerprint density at radius 2 is 1.96 bits per heavy atom. The molecule has 0 fully saturated rings. The number of carbonyl (C=O) groups excluding carboxylic acids is 1. The number of hydrogen-bond donors (Lipinski definition) is 3. The predicted octanol–water partition coefficient (Wildman–Crippen LogP) is 3.15. The van der Waals surface area contributed by atoms with Gasteiger partial charge in [-0.1, -0.05) is 22.0 Å². The zero-order valence-corrected chi connectivity index (χ0v) is 17.8. The fourth-order valence-electron chi connectivity index (χ4n) is 1.99. The van der Waals surface area contributed by atoms with Gasteiger partial charge in [0, 0.05) is 29.7 Å². The van der Waals surface area contributed by atoms with Crippen LogP contribution in [0.2, 0.25) is 0 Å². The molecule has 0 aliphatic rings. The van der Waals surface area contributed by atoms with E-state index in [0.29, 0.717) is 31.2 Å². The summed E-state index contributed by atoms with van der Waals surface area (Å²) >= 11 is 3.36. The standard InChI is InChI=1S/C17H21BrN4O2.HI/c1-2-19-17(22-12-15-7-4-10-24-15)21-9-8-20-16(23)13-5-3-6-14(18)11-13;/h3-7,10-11H,2,8-9,12H2,1H3,(H,20,23)(H2,19,21,22);1H. The average molecular weight is 521 g/mol. The Balaban J connectivity index is 0.00000312. The maximum Gasteiger partial charge on any atom is 0.251 e. The highest BCUT2D eigenvalue weighted by Crippen LogP contribution is 2.11. The van der Waals surface area contributed by atoms with Crippen LogP contribution >= 0.6 is 39.9 Å². The lowest BCUT2D eigenvalue weighted by molar-refractivity contribution is 0.0954. The monoisotopic (exact) mass is 520 g/mol. The van der Waals surface area contributed by atoms with Crippen LogP contribution in [0, 0.1) is 0 Å². The number of nitrogens with zero attached hydrogens (tertiary/aromatic N) is 1. The Hall–Kier alpha value is -1.55. The Kier molecular flexibility index (Phi) is 10.2. The molecule has 2 rings (SSSR count). The minimum absolute atomic E-state index is 0. The summed E-state index contributed by atoms with van der Waals surface area (Å²) in [6, 6.07) is 11.0. The summed E-state index contributed by atoms with van der Waals surface area (Å²) in [6.07, 6.45) is 1.63. The molecule has 0 aliphatic heterocycles. The van der Waals surface area contributed by atoms with Gasteiger partial charge in [0.15, 0.2) is 5.96 Å². The summed E-state index contributed by atoms with van der Waals surface area (Å²) in [7, 11) is 0. The van der Waals surface area contributed by atoms with Gasteiger partial charge in [-0.25, -0.2) is 4.99 Å². The molecule has 1 heterocycles. The van der Waals surface area contributed by atoms with E-state index in [-0.39, 0.29) is 29.9 Å². The maximum atomic E-state index is 12.0. The molecule has 0 atom stereocenters. The quantitative estimate of drug-likeness (QED) is 0.227. The lowest BCUT2D eigenvalue weighted by Gasteiger charge is -2.11. The number of halogens is 2. The lowest BCUT2D eigenvalue weighted by Crippen LogP contribution is -2.41. The number of carbonyl (C=O) groups is 1. The van der Waals surface area contributed by atoms with Crippen molar-refractivity contribution in [1.29, 1.82) is 0 Å². The molecule has 0 radical (unpaired) electrons. The fraction of sp³-hybridized carbons (Fsp3) is 0.294. The van der Waals surface area contributed by atoms with Crippen molar-refractivity contribution in [2.45, 2.75) is 13.5 Å². The zero-order valence-electron chi connectivity index (χ0n) is 13.9. The topological polar surface area (TPSA) is 78.7 Å². The lowest BCUT2D eigenvalue weighted by atomic mass is 10.2. The summed E-state index contributed by atoms with van der Waals surface area (Å²) in [5.74, 6) is 1.39. The second kappa shape index (κ2) is 11.9. The van der Waals surface area contributed by atoms with Gasteiger partial charge in [0.1, 0.15) is 12.3 Å². The first-order valence-electron chi connectivity index (χ1n) is 7.77. The second-order valence-electron chi connectivity index (χ2n) is 4.97. The third-order valence-electron chi connectivity index (χ3n) is 3.11. The van der Waals surface area contributed by atoms with Gasteiger partial charge in [0.25, 0.3) is 5.91 Å². The minimum Gasteiger partial charge on any atom is -0.467 e. The summed E-state index contributed by atoms with van der Waals surface area (Å²) in [6.45, 7) is 4.29. The predicted molar refractivity (Wildman–Crippen MR) is 113 cm³/mol. The number of benzene rings is 1. The van der Waals surface area contributed by atoms with E-state index in [2.05, 4.69) is 36.9 Å². The molecule has 0 spiro atoms. The first kappa shape index (κ1) is 21.5. The van der Waals surface area contributed by atoms with Crippen LogP contribution in [0.15, 0.2) is 56.5 Å². The number of nitrogens with one attached hydrogen (secondary N) is 3. The van der Waals surface area contributed by atoms with Crippen molar-refractivity contribution in [2.75, 3.05) is 19.6 Å². The largest absolute Gasteiger partial charge is 0.467 e. The summed E-state index contributed by atoms with van der Waals surface area (Å²) < 4.78 is 6.14. The number of guanidine groups is 1. The average Bonchev–Trinajstić information content (AvgIpc) is 3.09. The molecule has 1 aromatic heterocycles. The van der Waals surface area contributed by atoms with Gasteiger partial charge >= 0.3 is 0 Å². The van der Waals surface area contributed by atoms with Crippen molar-refractivity contribution in [3.05, 3.63) is 58.5 Å². The van der Waals surface area contributed by atoms with Crippen LogP contribution in [0.25, 0.3) is 0 Å². The van der Waals surface area contributed by atoms with Gasteiger partial charge < -0.3 is 20.4 Å². The van der Waals surface area contributed by atoms with Gasteiger partial charge in [0.05, 0.1) is 6.26 Å². The van der Waals surface area contributed by atoms with Crippen molar-refractivity contribution < 1.29 is 9.21 Å². The zero-order chi connectivity index (χ0) is 17.2. The smallest absolute Gasteiger partial charge is 0.251 e. The van der Waals surface area contributed by atoms with Crippen LogP contribution < -0.4 is 16.0 Å². The molecular weight excluding hydrogens is 499 g/mol. The van der Waals surface area contributed by atoms with Crippen LogP contribution in [-0.2, 0) is 6.54 Å². The van der Waals surface area contributed by atoms with Crippen LogP contribution in [-0.4, -0.2) is 31.5 Å². The summed E-state index contributed by atoms with van der Waals surface area (Å²) in [4.78, 5) is 16.5. The van der Waals surface area contributed by atoms with Crippen molar-refractivity contribution >= 4 is 51.8 Å². The molecule has 0 saturated carbocycles. The molecule has 0 bridgehead atoms. The van der Waals surface area contributed by atoms with E-state index in [4.69, 9.17) is 4.42 Å². The summed E-state index contributed by atoms with van der Waals surface area (Å²) in [5, 5.41) is 9.19. The highest BCUT2D eigenvalue weighted by atomic mass is 127. The molecule has 8 heteroatoms. The first-order valence-corrected chi connectivity index (χ1v) is 8.56. The van der Waals surface area contributed by atoms with Gasteiger partial charge in [-0.3, -0.25) is 4.79 Å². The number of hydrogen-bond acceptors (Lipinski definition) is 3.